The Balaban J connectivity index is 2.60. The van der Waals surface area contributed by atoms with Gasteiger partial charge in [-0.05, 0) is 6.92 Å². The van der Waals surface area contributed by atoms with Gasteiger partial charge in [0.05, 0.1) is 19.4 Å². The van der Waals surface area contributed by atoms with E-state index < -0.39 is 16.0 Å². The average molecular weight is 219 g/mol. The van der Waals surface area contributed by atoms with Crippen molar-refractivity contribution in [2.75, 3.05) is 13.4 Å². The van der Waals surface area contributed by atoms with Gasteiger partial charge in [0, 0.05) is 12.1 Å². The Bertz CT molecular complexity index is 360. The molecule has 6 heteroatoms. The molecule has 1 saturated heterocycles. The van der Waals surface area contributed by atoms with Gasteiger partial charge in [0.2, 0.25) is 10.0 Å². The van der Waals surface area contributed by atoms with E-state index in [0.717, 1.165) is 6.26 Å². The molecule has 14 heavy (non-hydrogen) atoms. The van der Waals surface area contributed by atoms with Gasteiger partial charge in [-0.25, -0.2) is 13.2 Å². The molecule has 1 rings (SSSR count). The summed E-state index contributed by atoms with van der Waals surface area (Å²) in [5, 5.41) is 0. The van der Waals surface area contributed by atoms with E-state index in [4.69, 9.17) is 0 Å². The highest BCUT2D eigenvalue weighted by molar-refractivity contribution is 7.88. The third-order valence-electron chi connectivity index (χ3n) is 2.11. The zero-order chi connectivity index (χ0) is 10.9. The number of ether oxygens (including phenoxy) is 1. The van der Waals surface area contributed by atoms with E-state index in [1.54, 1.807) is 6.92 Å². The lowest BCUT2D eigenvalue weighted by Gasteiger charge is -1.95. The first-order chi connectivity index (χ1) is 6.38. The van der Waals surface area contributed by atoms with Crippen LogP contribution in [0, 0.1) is 0 Å². The van der Waals surface area contributed by atoms with Crippen LogP contribution in [0.5, 0.6) is 0 Å². The summed E-state index contributed by atoms with van der Waals surface area (Å²) in [6, 6.07) is -0.269. The van der Waals surface area contributed by atoms with Gasteiger partial charge < -0.3 is 4.74 Å². The van der Waals surface area contributed by atoms with E-state index in [1.165, 1.54) is 23.6 Å². The Morgan fingerprint density at radius 1 is 1.50 bits per heavy atom. The van der Waals surface area contributed by atoms with Gasteiger partial charge in [-0.15, -0.1) is 0 Å². The Labute approximate surface area is 83.4 Å². The number of carbonyl (C=O) groups excluding carboxylic acids is 1. The predicted molar refractivity (Wildman–Crippen MR) is 51.1 cm³/mol. The monoisotopic (exact) mass is 219 g/mol. The van der Waals surface area contributed by atoms with Crippen molar-refractivity contribution in [3.05, 3.63) is 12.2 Å². The van der Waals surface area contributed by atoms with Gasteiger partial charge in [0.1, 0.15) is 0 Å². The molecule has 0 spiro atoms. The normalized spacial score (nSPS) is 31.8. The topological polar surface area (TPSA) is 63.5 Å². The maximum Gasteiger partial charge on any atom is 0.330 e. The van der Waals surface area contributed by atoms with Crippen LogP contribution in [0.25, 0.3) is 0 Å². The van der Waals surface area contributed by atoms with Crippen LogP contribution in [0.1, 0.15) is 6.92 Å². The number of hydrogen-bond acceptors (Lipinski definition) is 4. The average Bonchev–Trinajstić information content (AvgIpc) is 2.71. The van der Waals surface area contributed by atoms with Crippen LogP contribution in [-0.4, -0.2) is 44.1 Å². The quantitative estimate of drug-likeness (QED) is 0.373. The third-order valence-corrected chi connectivity index (χ3v) is 3.46. The number of esters is 1. The maximum atomic E-state index is 11.1. The molecule has 80 valence electrons. The van der Waals surface area contributed by atoms with Crippen LogP contribution in [0.2, 0.25) is 0 Å². The molecular formula is C8H13NO4S. The summed E-state index contributed by atoms with van der Waals surface area (Å²) < 4.78 is 27.9. The van der Waals surface area contributed by atoms with Gasteiger partial charge in [-0.1, -0.05) is 6.08 Å². The van der Waals surface area contributed by atoms with Crippen LogP contribution in [0.4, 0.5) is 0 Å². The Kier molecular flexibility index (Phi) is 2.96. The van der Waals surface area contributed by atoms with Gasteiger partial charge in [-0.2, -0.15) is 4.31 Å². The first-order valence-electron chi connectivity index (χ1n) is 4.12. The molecule has 0 aromatic heterocycles. The van der Waals surface area contributed by atoms with Gasteiger partial charge in [0.15, 0.2) is 0 Å². The lowest BCUT2D eigenvalue weighted by atomic mass is 10.3. The zero-order valence-electron chi connectivity index (χ0n) is 8.30. The van der Waals surface area contributed by atoms with E-state index in [9.17, 15) is 13.2 Å². The smallest absolute Gasteiger partial charge is 0.330 e. The third kappa shape index (κ3) is 2.33. The molecule has 3 atom stereocenters. The highest BCUT2D eigenvalue weighted by Gasteiger charge is 2.48. The fraction of sp³-hybridized carbons (Fsp3) is 0.625. The van der Waals surface area contributed by atoms with Crippen molar-refractivity contribution < 1.29 is 17.9 Å². The van der Waals surface area contributed by atoms with Crippen molar-refractivity contribution >= 4 is 16.0 Å². The molecule has 1 aliphatic heterocycles. The molecule has 0 aromatic rings. The van der Waals surface area contributed by atoms with Gasteiger partial charge >= 0.3 is 5.97 Å². The second kappa shape index (κ2) is 3.70. The number of nitrogens with zero attached hydrogens (tertiary/aromatic N) is 1. The van der Waals surface area contributed by atoms with Crippen molar-refractivity contribution in [3.8, 4) is 0 Å². The molecule has 0 saturated carbocycles. The molecule has 1 heterocycles. The van der Waals surface area contributed by atoms with E-state index in [1.807, 2.05) is 0 Å². The number of rotatable bonds is 3. The summed E-state index contributed by atoms with van der Waals surface area (Å²) in [6.45, 7) is 1.79. The molecule has 5 nitrogen and oxygen atoms in total. The van der Waals surface area contributed by atoms with Crippen molar-refractivity contribution in [1.82, 2.24) is 4.31 Å². The fourth-order valence-electron chi connectivity index (χ4n) is 1.36. The summed E-state index contributed by atoms with van der Waals surface area (Å²) in [7, 11) is -1.88. The number of carbonyl (C=O) groups is 1. The summed E-state index contributed by atoms with van der Waals surface area (Å²) >= 11 is 0. The van der Waals surface area contributed by atoms with Crippen LogP contribution < -0.4 is 0 Å². The standard InChI is InChI=1S/C8H13NO4S/c1-6-7(4-5-8(10)13-2)9(6)14(3,11)12/h4-7H,1-3H3/b5-4+/t6-,7-,9?/m0/s1. The van der Waals surface area contributed by atoms with Crippen LogP contribution in [-0.2, 0) is 19.6 Å². The molecule has 1 fully saturated rings. The second-order valence-corrected chi connectivity index (χ2v) is 5.09. The summed E-state index contributed by atoms with van der Waals surface area (Å²) in [6.07, 6.45) is 3.93. The van der Waals surface area contributed by atoms with Crippen molar-refractivity contribution in [1.29, 1.82) is 0 Å². The van der Waals surface area contributed by atoms with E-state index >= 15 is 0 Å². The zero-order valence-corrected chi connectivity index (χ0v) is 9.11. The highest BCUT2D eigenvalue weighted by Crippen LogP contribution is 2.31. The number of sulfonamides is 1. The minimum absolute atomic E-state index is 0.0640. The van der Waals surface area contributed by atoms with Gasteiger partial charge in [-0.3, -0.25) is 0 Å². The summed E-state index contributed by atoms with van der Waals surface area (Å²) in [4.78, 5) is 10.7. The highest BCUT2D eigenvalue weighted by atomic mass is 32.2. The lowest BCUT2D eigenvalue weighted by molar-refractivity contribution is -0.134. The van der Waals surface area contributed by atoms with Crippen LogP contribution >= 0.6 is 0 Å². The van der Waals surface area contributed by atoms with E-state index in [-0.39, 0.29) is 12.1 Å². The van der Waals surface area contributed by atoms with Crippen LogP contribution in [0.3, 0.4) is 0 Å². The Hall–Kier alpha value is -0.880. The molecule has 1 unspecified atom stereocenters. The molecule has 1 aliphatic rings. The van der Waals surface area contributed by atoms with Crippen LogP contribution in [0.15, 0.2) is 12.2 Å². The fourth-order valence-corrected chi connectivity index (χ4v) is 2.72. The minimum Gasteiger partial charge on any atom is -0.466 e. The second-order valence-electron chi connectivity index (χ2n) is 3.21. The largest absolute Gasteiger partial charge is 0.466 e. The Morgan fingerprint density at radius 3 is 2.43 bits per heavy atom. The first-order valence-corrected chi connectivity index (χ1v) is 5.97. The lowest BCUT2D eigenvalue weighted by Crippen LogP contribution is -2.12. The molecule has 0 aliphatic carbocycles. The van der Waals surface area contributed by atoms with Crippen molar-refractivity contribution in [3.63, 3.8) is 0 Å². The molecule has 0 N–H and O–H groups in total. The summed E-state index contributed by atoms with van der Waals surface area (Å²) in [5.74, 6) is -0.474. The van der Waals surface area contributed by atoms with E-state index in [0.29, 0.717) is 0 Å². The molecule has 0 aromatic carbocycles. The SMILES string of the molecule is COC(=O)/C=C/[C@H]1[C@H](C)N1S(C)(=O)=O. The Morgan fingerprint density at radius 2 is 2.07 bits per heavy atom. The number of hydrogen-bond donors (Lipinski definition) is 0. The predicted octanol–water partition coefficient (Wildman–Crippen LogP) is -0.252. The van der Waals surface area contributed by atoms with E-state index in [2.05, 4.69) is 4.74 Å². The summed E-state index contributed by atoms with van der Waals surface area (Å²) in [5.41, 5.74) is 0. The van der Waals surface area contributed by atoms with Crippen molar-refractivity contribution in [2.24, 2.45) is 0 Å². The number of methoxy groups -OCH3 is 1. The minimum atomic E-state index is -3.15. The first kappa shape index (κ1) is 11.2. The molecule has 0 amide bonds. The molecular weight excluding hydrogens is 206 g/mol. The molecule has 0 bridgehead atoms. The van der Waals surface area contributed by atoms with Gasteiger partial charge in [0.25, 0.3) is 0 Å². The maximum absolute atomic E-state index is 11.1. The van der Waals surface area contributed by atoms with Crippen molar-refractivity contribution in [2.45, 2.75) is 19.0 Å². The molecule has 0 radical (unpaired) electrons.